The molecule has 1 aromatic heterocycles. The molecule has 3 unspecified atom stereocenters. The molecule has 0 spiro atoms. The van der Waals surface area contributed by atoms with Crippen LogP contribution in [-0.2, 0) is 4.74 Å². The van der Waals surface area contributed by atoms with Crippen LogP contribution in [0, 0.1) is 5.92 Å². The van der Waals surface area contributed by atoms with E-state index in [2.05, 4.69) is 39.0 Å². The molecule has 0 aromatic carbocycles. The van der Waals surface area contributed by atoms with Gasteiger partial charge in [-0.3, -0.25) is 11.3 Å². The molecule has 1 fully saturated rings. The van der Waals surface area contributed by atoms with E-state index >= 15 is 0 Å². The van der Waals surface area contributed by atoms with Crippen LogP contribution in [0.3, 0.4) is 0 Å². The number of ether oxygens (including phenoxy) is 1. The monoisotopic (exact) mass is 290 g/mol. The van der Waals surface area contributed by atoms with E-state index in [9.17, 15) is 0 Å². The quantitative estimate of drug-likeness (QED) is 0.664. The smallest absolute Gasteiger partial charge is 0.0594 e. The van der Waals surface area contributed by atoms with Crippen molar-refractivity contribution in [2.24, 2.45) is 11.8 Å². The molecule has 0 radical (unpaired) electrons. The average Bonchev–Trinajstić information content (AvgIpc) is 2.80. The number of nitrogens with one attached hydrogen (secondary N) is 1. The van der Waals surface area contributed by atoms with E-state index in [1.165, 1.54) is 5.56 Å². The molecule has 2 rings (SSSR count). The summed E-state index contributed by atoms with van der Waals surface area (Å²) in [5.74, 6) is 6.11. The lowest BCUT2D eigenvalue weighted by Gasteiger charge is -2.24. The molecule has 2 heterocycles. The molecule has 84 valence electrons. The third-order valence-corrected chi connectivity index (χ3v) is 4.77. The van der Waals surface area contributed by atoms with Gasteiger partial charge in [-0.1, -0.05) is 0 Å². The SMILES string of the molecule is CC1OCCC1C(NN)c1cscc1Br. The van der Waals surface area contributed by atoms with Crippen LogP contribution in [-0.4, -0.2) is 12.7 Å². The van der Waals surface area contributed by atoms with Crippen molar-refractivity contribution in [2.75, 3.05) is 6.61 Å². The standard InChI is InChI=1S/C10H15BrN2OS/c1-6-7(2-3-14-6)10(13-12)8-4-15-5-9(8)11/h4-7,10,13H,2-3,12H2,1H3. The summed E-state index contributed by atoms with van der Waals surface area (Å²) in [6, 6.07) is 0.183. The zero-order chi connectivity index (χ0) is 10.8. The zero-order valence-corrected chi connectivity index (χ0v) is 11.0. The first kappa shape index (κ1) is 11.5. The Kier molecular flexibility index (Phi) is 3.79. The van der Waals surface area contributed by atoms with Crippen LogP contribution in [0.1, 0.15) is 24.9 Å². The fourth-order valence-electron chi connectivity index (χ4n) is 2.14. The van der Waals surface area contributed by atoms with Crippen LogP contribution >= 0.6 is 27.3 Å². The fraction of sp³-hybridized carbons (Fsp3) is 0.600. The third kappa shape index (κ3) is 2.26. The van der Waals surface area contributed by atoms with Gasteiger partial charge >= 0.3 is 0 Å². The molecule has 1 aliphatic heterocycles. The Morgan fingerprint density at radius 2 is 2.47 bits per heavy atom. The lowest BCUT2D eigenvalue weighted by atomic mass is 9.90. The van der Waals surface area contributed by atoms with E-state index < -0.39 is 0 Å². The summed E-state index contributed by atoms with van der Waals surface area (Å²) in [4.78, 5) is 0. The Hall–Kier alpha value is 0.0600. The molecule has 0 saturated carbocycles. The second kappa shape index (κ2) is 4.93. The zero-order valence-electron chi connectivity index (χ0n) is 8.57. The van der Waals surface area contributed by atoms with Crippen molar-refractivity contribution in [3.8, 4) is 0 Å². The van der Waals surface area contributed by atoms with Crippen molar-refractivity contribution in [1.82, 2.24) is 5.43 Å². The lowest BCUT2D eigenvalue weighted by Crippen LogP contribution is -2.36. The highest BCUT2D eigenvalue weighted by Gasteiger charge is 2.33. The van der Waals surface area contributed by atoms with Gasteiger partial charge in [-0.05, 0) is 40.2 Å². The van der Waals surface area contributed by atoms with E-state index in [1.807, 2.05) is 0 Å². The first-order chi connectivity index (χ1) is 7.24. The van der Waals surface area contributed by atoms with Crippen molar-refractivity contribution in [3.63, 3.8) is 0 Å². The van der Waals surface area contributed by atoms with Crippen molar-refractivity contribution in [2.45, 2.75) is 25.5 Å². The van der Waals surface area contributed by atoms with Crippen LogP contribution in [0.15, 0.2) is 15.2 Å². The highest BCUT2D eigenvalue weighted by atomic mass is 79.9. The van der Waals surface area contributed by atoms with E-state index in [0.717, 1.165) is 17.5 Å². The number of thiophene rings is 1. The molecule has 1 saturated heterocycles. The molecular weight excluding hydrogens is 276 g/mol. The predicted octanol–water partition coefficient (Wildman–Crippen LogP) is 2.44. The molecule has 3 atom stereocenters. The van der Waals surface area contributed by atoms with Gasteiger partial charge in [-0.15, -0.1) is 0 Å². The average molecular weight is 291 g/mol. The van der Waals surface area contributed by atoms with Crippen molar-refractivity contribution in [1.29, 1.82) is 0 Å². The lowest BCUT2D eigenvalue weighted by molar-refractivity contribution is 0.0953. The summed E-state index contributed by atoms with van der Waals surface area (Å²) in [5, 5.41) is 4.22. The minimum Gasteiger partial charge on any atom is -0.378 e. The highest BCUT2D eigenvalue weighted by molar-refractivity contribution is 9.10. The molecule has 0 amide bonds. The Bertz CT molecular complexity index is 331. The van der Waals surface area contributed by atoms with Gasteiger partial charge in [0, 0.05) is 22.4 Å². The van der Waals surface area contributed by atoms with E-state index in [4.69, 9.17) is 10.6 Å². The van der Waals surface area contributed by atoms with Crippen LogP contribution in [0.5, 0.6) is 0 Å². The van der Waals surface area contributed by atoms with E-state index in [0.29, 0.717) is 5.92 Å². The Morgan fingerprint density at radius 1 is 1.67 bits per heavy atom. The normalized spacial score (nSPS) is 28.2. The first-order valence-electron chi connectivity index (χ1n) is 5.03. The molecule has 1 aliphatic rings. The maximum atomic E-state index is 5.65. The number of halogens is 1. The van der Waals surface area contributed by atoms with Crippen molar-refractivity contribution in [3.05, 3.63) is 20.8 Å². The number of hydrogen-bond donors (Lipinski definition) is 2. The maximum Gasteiger partial charge on any atom is 0.0594 e. The molecule has 0 aliphatic carbocycles. The van der Waals surface area contributed by atoms with Crippen molar-refractivity contribution < 1.29 is 4.74 Å². The number of nitrogens with two attached hydrogens (primary N) is 1. The van der Waals surface area contributed by atoms with Crippen LogP contribution in [0.4, 0.5) is 0 Å². The molecule has 0 bridgehead atoms. The minimum atomic E-state index is 0.183. The van der Waals surface area contributed by atoms with Gasteiger partial charge in [-0.2, -0.15) is 11.3 Å². The van der Waals surface area contributed by atoms with Crippen LogP contribution in [0.25, 0.3) is 0 Å². The molecule has 1 aromatic rings. The molecule has 5 heteroatoms. The molecule has 3 nitrogen and oxygen atoms in total. The Morgan fingerprint density at radius 3 is 2.93 bits per heavy atom. The summed E-state index contributed by atoms with van der Waals surface area (Å²) >= 11 is 5.24. The second-order valence-corrected chi connectivity index (χ2v) is 5.45. The van der Waals surface area contributed by atoms with Gasteiger partial charge < -0.3 is 4.74 Å². The number of rotatable bonds is 3. The van der Waals surface area contributed by atoms with Crippen molar-refractivity contribution >= 4 is 27.3 Å². The summed E-state index contributed by atoms with van der Waals surface area (Å²) < 4.78 is 6.71. The number of hydrazine groups is 1. The number of hydrogen-bond acceptors (Lipinski definition) is 4. The van der Waals surface area contributed by atoms with Crippen LogP contribution in [0.2, 0.25) is 0 Å². The summed E-state index contributed by atoms with van der Waals surface area (Å²) in [6.45, 7) is 2.95. The largest absolute Gasteiger partial charge is 0.378 e. The first-order valence-corrected chi connectivity index (χ1v) is 6.77. The third-order valence-electron chi connectivity index (χ3n) is 3.02. The van der Waals surface area contributed by atoms with Gasteiger partial charge in [-0.25, -0.2) is 0 Å². The fourth-order valence-corrected chi connectivity index (χ4v) is 3.72. The Labute approximate surface area is 102 Å². The van der Waals surface area contributed by atoms with Gasteiger partial charge in [0.2, 0.25) is 0 Å². The highest BCUT2D eigenvalue weighted by Crippen LogP contribution is 2.37. The summed E-state index contributed by atoms with van der Waals surface area (Å²) in [7, 11) is 0. The predicted molar refractivity (Wildman–Crippen MR) is 65.6 cm³/mol. The minimum absolute atomic E-state index is 0.183. The van der Waals surface area contributed by atoms with Gasteiger partial charge in [0.25, 0.3) is 0 Å². The van der Waals surface area contributed by atoms with Crippen LogP contribution < -0.4 is 11.3 Å². The molecule has 3 N–H and O–H groups in total. The van der Waals surface area contributed by atoms with Gasteiger partial charge in [0.15, 0.2) is 0 Å². The van der Waals surface area contributed by atoms with E-state index in [-0.39, 0.29) is 12.1 Å². The maximum absolute atomic E-state index is 5.65. The summed E-state index contributed by atoms with van der Waals surface area (Å²) in [6.07, 6.45) is 1.34. The topological polar surface area (TPSA) is 47.3 Å². The van der Waals surface area contributed by atoms with Gasteiger partial charge in [0.05, 0.1) is 12.1 Å². The second-order valence-electron chi connectivity index (χ2n) is 3.85. The summed E-state index contributed by atoms with van der Waals surface area (Å²) in [5.41, 5.74) is 4.15. The van der Waals surface area contributed by atoms with Gasteiger partial charge in [0.1, 0.15) is 0 Å². The Balaban J connectivity index is 2.20. The van der Waals surface area contributed by atoms with E-state index in [1.54, 1.807) is 11.3 Å². The molecular formula is C10H15BrN2OS. The molecule has 15 heavy (non-hydrogen) atoms.